The Balaban J connectivity index is 1.66. The lowest BCUT2D eigenvalue weighted by Gasteiger charge is -1.98. The van der Waals surface area contributed by atoms with Gasteiger partial charge in [0.25, 0.3) is 5.23 Å². The van der Waals surface area contributed by atoms with E-state index < -0.39 is 5.97 Å². The predicted octanol–water partition coefficient (Wildman–Crippen LogP) is 1.27. The van der Waals surface area contributed by atoms with Crippen LogP contribution >= 0.6 is 11.8 Å². The molecule has 0 saturated heterocycles. The minimum absolute atomic E-state index is 0.419. The lowest BCUT2D eigenvalue weighted by molar-refractivity contribution is 0.0599. The lowest BCUT2D eigenvalue weighted by Crippen LogP contribution is -2.25. The lowest BCUT2D eigenvalue weighted by atomic mass is 10.2. The topological polar surface area (TPSA) is 86.2 Å². The van der Waals surface area contributed by atoms with Gasteiger partial charge in [0.05, 0.1) is 24.3 Å². The molecule has 0 unspecified atom stereocenters. The SMILES string of the molecule is C=c1occc1=C1NN=C(SCc2cc(C(=O)OC)c(C)o2)O1. The maximum absolute atomic E-state index is 11.5. The van der Waals surface area contributed by atoms with Gasteiger partial charge in [0.2, 0.25) is 5.88 Å². The molecular weight excluding hydrogens is 320 g/mol. The van der Waals surface area contributed by atoms with E-state index in [9.17, 15) is 4.79 Å². The van der Waals surface area contributed by atoms with Crippen molar-refractivity contribution in [3.63, 3.8) is 0 Å². The highest BCUT2D eigenvalue weighted by Gasteiger charge is 2.19. The first-order chi connectivity index (χ1) is 11.1. The van der Waals surface area contributed by atoms with Gasteiger partial charge in [-0.15, -0.1) is 5.10 Å². The molecule has 0 bridgehead atoms. The van der Waals surface area contributed by atoms with E-state index in [2.05, 4.69) is 17.1 Å². The fraction of sp³-hybridized carbons (Fsp3) is 0.200. The number of furan rings is 2. The molecule has 8 heteroatoms. The van der Waals surface area contributed by atoms with Gasteiger partial charge in [0.1, 0.15) is 22.5 Å². The summed E-state index contributed by atoms with van der Waals surface area (Å²) in [5.74, 6) is 1.67. The second-order valence-corrected chi connectivity index (χ2v) is 5.57. The molecule has 7 nitrogen and oxygen atoms in total. The van der Waals surface area contributed by atoms with Crippen LogP contribution in [0.3, 0.4) is 0 Å². The van der Waals surface area contributed by atoms with Gasteiger partial charge in [-0.25, -0.2) is 10.2 Å². The molecule has 3 rings (SSSR count). The van der Waals surface area contributed by atoms with Crippen LogP contribution in [0, 0.1) is 6.92 Å². The molecule has 0 amide bonds. The Kier molecular flexibility index (Phi) is 4.16. The van der Waals surface area contributed by atoms with Crippen molar-refractivity contribution >= 4 is 35.4 Å². The highest BCUT2D eigenvalue weighted by molar-refractivity contribution is 8.12. The second kappa shape index (κ2) is 6.25. The van der Waals surface area contributed by atoms with Crippen LogP contribution in [0.15, 0.2) is 32.3 Å². The number of ether oxygens (including phenoxy) is 2. The molecule has 0 saturated carbocycles. The summed E-state index contributed by atoms with van der Waals surface area (Å²) in [5, 5.41) is 5.23. The zero-order chi connectivity index (χ0) is 16.4. The molecule has 2 aromatic rings. The summed E-state index contributed by atoms with van der Waals surface area (Å²) in [5.41, 5.74) is 3.70. The summed E-state index contributed by atoms with van der Waals surface area (Å²) in [6.45, 7) is 5.47. The number of esters is 1. The standard InChI is InChI=1S/C15H14N2O5S/c1-8-11(4-5-20-8)13-16-17-15(22-13)23-7-10-6-12(9(2)21-10)14(18)19-3/h4-6,16H,1,7H2,2-3H3. The zero-order valence-electron chi connectivity index (χ0n) is 12.5. The molecular formula is C15H14N2O5S. The minimum atomic E-state index is -0.419. The van der Waals surface area contributed by atoms with E-state index in [0.717, 1.165) is 0 Å². The number of carbonyl (C=O) groups excluding carboxylic acids is 1. The van der Waals surface area contributed by atoms with E-state index in [4.69, 9.17) is 18.3 Å². The van der Waals surface area contributed by atoms with Gasteiger partial charge in [-0.3, -0.25) is 0 Å². The Labute approximate surface area is 135 Å². The van der Waals surface area contributed by atoms with Crippen molar-refractivity contribution in [2.75, 3.05) is 7.11 Å². The van der Waals surface area contributed by atoms with Crippen LogP contribution in [0.1, 0.15) is 21.9 Å². The summed E-state index contributed by atoms with van der Waals surface area (Å²) in [7, 11) is 1.33. The Bertz CT molecular complexity index is 880. The Morgan fingerprint density at radius 3 is 3.04 bits per heavy atom. The summed E-state index contributed by atoms with van der Waals surface area (Å²) in [4.78, 5) is 11.5. The number of aryl methyl sites for hydroxylation is 1. The van der Waals surface area contributed by atoms with Crippen molar-refractivity contribution < 1.29 is 23.1 Å². The molecule has 0 radical (unpaired) electrons. The number of carbonyl (C=O) groups is 1. The third-order valence-corrected chi connectivity index (χ3v) is 3.99. The van der Waals surface area contributed by atoms with Crippen molar-refractivity contribution in [2.45, 2.75) is 12.7 Å². The highest BCUT2D eigenvalue weighted by atomic mass is 32.2. The fourth-order valence-corrected chi connectivity index (χ4v) is 2.67. The average Bonchev–Trinajstić information content (AvgIpc) is 3.24. The zero-order valence-corrected chi connectivity index (χ0v) is 13.4. The Hall–Kier alpha value is -2.61. The molecule has 3 heterocycles. The molecule has 0 aliphatic carbocycles. The summed E-state index contributed by atoms with van der Waals surface area (Å²) < 4.78 is 20.9. The van der Waals surface area contributed by atoms with Crippen molar-refractivity contribution in [3.8, 4) is 0 Å². The van der Waals surface area contributed by atoms with E-state index in [-0.39, 0.29) is 0 Å². The van der Waals surface area contributed by atoms with Gasteiger partial charge in [-0.05, 0) is 19.1 Å². The maximum Gasteiger partial charge on any atom is 0.341 e. The van der Waals surface area contributed by atoms with Crippen LogP contribution in [-0.2, 0) is 15.2 Å². The molecule has 0 aromatic carbocycles. The third-order valence-electron chi connectivity index (χ3n) is 3.14. The van der Waals surface area contributed by atoms with Gasteiger partial charge in [-0.2, -0.15) is 0 Å². The monoisotopic (exact) mass is 334 g/mol. The number of hydrogen-bond donors (Lipinski definition) is 1. The number of thioether (sulfide) groups is 1. The van der Waals surface area contributed by atoms with Crippen LogP contribution in [0.4, 0.5) is 0 Å². The summed E-state index contributed by atoms with van der Waals surface area (Å²) in [6.07, 6.45) is 1.53. The number of nitrogens with one attached hydrogen (secondary N) is 1. The van der Waals surface area contributed by atoms with Crippen LogP contribution in [0.2, 0.25) is 0 Å². The highest BCUT2D eigenvalue weighted by Crippen LogP contribution is 2.23. The normalized spacial score (nSPS) is 15.8. The second-order valence-electron chi connectivity index (χ2n) is 4.64. The summed E-state index contributed by atoms with van der Waals surface area (Å²) >= 11 is 1.33. The van der Waals surface area contributed by atoms with Gasteiger partial charge >= 0.3 is 5.97 Å². The number of rotatable bonds is 3. The van der Waals surface area contributed by atoms with E-state index in [0.29, 0.717) is 44.6 Å². The number of hydrogen-bond acceptors (Lipinski definition) is 8. The summed E-state index contributed by atoms with van der Waals surface area (Å²) in [6, 6.07) is 3.40. The van der Waals surface area contributed by atoms with Gasteiger partial charge in [0, 0.05) is 0 Å². The van der Waals surface area contributed by atoms with E-state index in [1.165, 1.54) is 25.1 Å². The first-order valence-electron chi connectivity index (χ1n) is 6.67. The van der Waals surface area contributed by atoms with Crippen molar-refractivity contribution in [1.82, 2.24) is 5.43 Å². The predicted molar refractivity (Wildman–Crippen MR) is 84.6 cm³/mol. The maximum atomic E-state index is 11.5. The number of nitrogens with zero attached hydrogens (tertiary/aromatic N) is 1. The quantitative estimate of drug-likeness (QED) is 0.846. The first kappa shape index (κ1) is 15.3. The Morgan fingerprint density at radius 2 is 2.35 bits per heavy atom. The molecule has 1 aliphatic heterocycles. The number of methoxy groups -OCH3 is 1. The van der Waals surface area contributed by atoms with Gasteiger partial charge in [0.15, 0.2) is 0 Å². The molecule has 0 spiro atoms. The molecule has 1 N–H and O–H groups in total. The third kappa shape index (κ3) is 3.11. The van der Waals surface area contributed by atoms with Crippen molar-refractivity contribution in [2.24, 2.45) is 5.10 Å². The van der Waals surface area contributed by atoms with Crippen LogP contribution in [0.5, 0.6) is 0 Å². The number of hydrazone groups is 1. The van der Waals surface area contributed by atoms with Gasteiger partial charge < -0.3 is 18.3 Å². The van der Waals surface area contributed by atoms with Crippen LogP contribution in [-0.4, -0.2) is 18.3 Å². The van der Waals surface area contributed by atoms with Crippen molar-refractivity contribution in [3.05, 3.63) is 46.1 Å². The van der Waals surface area contributed by atoms with Gasteiger partial charge in [-0.1, -0.05) is 18.3 Å². The molecule has 1 aliphatic rings. The Morgan fingerprint density at radius 1 is 1.52 bits per heavy atom. The molecule has 2 aromatic heterocycles. The minimum Gasteiger partial charge on any atom is -0.465 e. The smallest absolute Gasteiger partial charge is 0.341 e. The van der Waals surface area contributed by atoms with E-state index >= 15 is 0 Å². The largest absolute Gasteiger partial charge is 0.465 e. The first-order valence-corrected chi connectivity index (χ1v) is 7.65. The fourth-order valence-electron chi connectivity index (χ4n) is 2.01. The molecule has 0 atom stereocenters. The molecule has 120 valence electrons. The van der Waals surface area contributed by atoms with E-state index in [1.807, 2.05) is 0 Å². The van der Waals surface area contributed by atoms with E-state index in [1.54, 1.807) is 19.1 Å². The van der Waals surface area contributed by atoms with Crippen molar-refractivity contribution in [1.29, 1.82) is 0 Å². The average molecular weight is 334 g/mol. The molecule has 23 heavy (non-hydrogen) atoms. The van der Waals surface area contributed by atoms with Crippen LogP contribution in [0.25, 0.3) is 12.5 Å². The molecule has 0 fully saturated rings. The van der Waals surface area contributed by atoms with Crippen LogP contribution < -0.4 is 16.1 Å².